The van der Waals surface area contributed by atoms with Crippen LogP contribution in [0.1, 0.15) is 27.7 Å². The maximum absolute atomic E-state index is 5.45. The van der Waals surface area contributed by atoms with Crippen molar-refractivity contribution in [3.05, 3.63) is 0 Å². The zero-order chi connectivity index (χ0) is 9.72. The first kappa shape index (κ1) is 12.2. The highest BCUT2D eigenvalue weighted by atomic mass is 32.2. The van der Waals surface area contributed by atoms with Gasteiger partial charge in [0.05, 0.1) is 0 Å². The number of hydroxylamine groups is 2. The third-order valence-corrected chi connectivity index (χ3v) is 2.35. The van der Waals surface area contributed by atoms with Crippen LogP contribution in [0.4, 0.5) is 0 Å². The lowest BCUT2D eigenvalue weighted by Crippen LogP contribution is -2.37. The molecule has 0 aromatic carbocycles. The molecule has 0 atom stereocenters. The van der Waals surface area contributed by atoms with E-state index in [9.17, 15) is 0 Å². The van der Waals surface area contributed by atoms with Crippen molar-refractivity contribution in [3.8, 4) is 0 Å². The summed E-state index contributed by atoms with van der Waals surface area (Å²) >= 11 is 6.42. The van der Waals surface area contributed by atoms with Gasteiger partial charge in [-0.15, -0.1) is 5.06 Å². The average Bonchev–Trinajstić information content (AvgIpc) is 1.98. The number of hydrogen-bond donors (Lipinski definition) is 0. The third-order valence-electron chi connectivity index (χ3n) is 1.36. The molecule has 0 aliphatic rings. The van der Waals surface area contributed by atoms with Gasteiger partial charge in [-0.2, -0.15) is 0 Å². The van der Waals surface area contributed by atoms with Gasteiger partial charge in [-0.3, -0.25) is 0 Å². The van der Waals surface area contributed by atoms with Gasteiger partial charge < -0.3 is 4.84 Å². The molecule has 0 aromatic rings. The fourth-order valence-corrected chi connectivity index (χ4v) is 1.18. The van der Waals surface area contributed by atoms with E-state index in [1.807, 2.05) is 11.3 Å². The maximum atomic E-state index is 5.45. The van der Waals surface area contributed by atoms with Gasteiger partial charge in [-0.25, -0.2) is 0 Å². The van der Waals surface area contributed by atoms with Crippen molar-refractivity contribution in [1.29, 1.82) is 0 Å². The minimum Gasteiger partial charge on any atom is -0.387 e. The lowest BCUT2D eigenvalue weighted by atomic mass is 10.3. The van der Waals surface area contributed by atoms with E-state index in [0.29, 0.717) is 16.5 Å². The Balaban J connectivity index is 4.05. The number of nitrogens with zero attached hydrogens (tertiary/aromatic N) is 1. The molecule has 12 heavy (non-hydrogen) atoms. The van der Waals surface area contributed by atoms with Crippen LogP contribution in [-0.4, -0.2) is 27.8 Å². The Morgan fingerprint density at radius 1 is 1.25 bits per heavy atom. The van der Waals surface area contributed by atoms with E-state index < -0.39 is 0 Å². The molecule has 0 saturated heterocycles. The number of thioether (sulfide) groups is 1. The molecule has 0 bridgehead atoms. The topological polar surface area (TPSA) is 12.5 Å². The van der Waals surface area contributed by atoms with Gasteiger partial charge in [-0.05, 0) is 46.2 Å². The molecule has 0 N–H and O–H groups in total. The van der Waals surface area contributed by atoms with Crippen LogP contribution in [0.2, 0.25) is 0 Å². The van der Waals surface area contributed by atoms with E-state index in [1.54, 1.807) is 0 Å². The Morgan fingerprint density at radius 2 is 1.67 bits per heavy atom. The van der Waals surface area contributed by atoms with Crippen molar-refractivity contribution in [2.24, 2.45) is 0 Å². The second kappa shape index (κ2) is 5.78. The van der Waals surface area contributed by atoms with Crippen LogP contribution in [-0.2, 0) is 4.84 Å². The normalized spacial score (nSPS) is 11.3. The molecular formula is C8H17NOS2. The second-order valence-corrected chi connectivity index (χ2v) is 4.50. The van der Waals surface area contributed by atoms with E-state index in [2.05, 4.69) is 27.7 Å². The highest BCUT2D eigenvalue weighted by molar-refractivity contribution is 8.22. The van der Waals surface area contributed by atoms with Crippen LogP contribution in [0.15, 0.2) is 0 Å². The highest BCUT2D eigenvalue weighted by Gasteiger charge is 2.15. The van der Waals surface area contributed by atoms with E-state index in [1.165, 1.54) is 11.8 Å². The summed E-state index contributed by atoms with van der Waals surface area (Å²) in [7, 11) is 0. The largest absolute Gasteiger partial charge is 0.387 e. The maximum Gasteiger partial charge on any atom is 0.244 e. The van der Waals surface area contributed by atoms with Crippen LogP contribution in [0.5, 0.6) is 0 Å². The Kier molecular flexibility index (Phi) is 5.88. The van der Waals surface area contributed by atoms with E-state index in [-0.39, 0.29) is 0 Å². The van der Waals surface area contributed by atoms with Crippen molar-refractivity contribution >= 4 is 28.4 Å². The molecule has 72 valence electrons. The molecule has 0 heterocycles. The summed E-state index contributed by atoms with van der Waals surface area (Å²) in [5, 5.41) is 1.90. The monoisotopic (exact) mass is 207 g/mol. The van der Waals surface area contributed by atoms with Crippen molar-refractivity contribution in [3.63, 3.8) is 0 Å². The molecule has 4 heteroatoms. The van der Waals surface area contributed by atoms with Crippen LogP contribution < -0.4 is 0 Å². The molecule has 0 aliphatic heterocycles. The zero-order valence-corrected chi connectivity index (χ0v) is 9.96. The highest BCUT2D eigenvalue weighted by Crippen LogP contribution is 2.10. The average molecular weight is 207 g/mol. The van der Waals surface area contributed by atoms with Crippen LogP contribution in [0.3, 0.4) is 0 Å². The van der Waals surface area contributed by atoms with E-state index in [4.69, 9.17) is 17.1 Å². The Hall–Kier alpha value is 0.200. The third kappa shape index (κ3) is 4.28. The predicted molar refractivity (Wildman–Crippen MR) is 59.3 cm³/mol. The summed E-state index contributed by atoms with van der Waals surface area (Å²) in [5.41, 5.74) is 0. The van der Waals surface area contributed by atoms with Gasteiger partial charge in [0.2, 0.25) is 4.38 Å². The minimum absolute atomic E-state index is 0.357. The fourth-order valence-electron chi connectivity index (χ4n) is 0.930. The zero-order valence-electron chi connectivity index (χ0n) is 8.33. The van der Waals surface area contributed by atoms with Crippen molar-refractivity contribution in [2.75, 3.05) is 6.26 Å². The molecule has 0 unspecified atom stereocenters. The lowest BCUT2D eigenvalue weighted by molar-refractivity contribution is -0.118. The van der Waals surface area contributed by atoms with Crippen LogP contribution in [0, 0.1) is 0 Å². The fraction of sp³-hybridized carbons (Fsp3) is 0.875. The number of thiocarbonyl (C=S) groups is 1. The van der Waals surface area contributed by atoms with Crippen molar-refractivity contribution in [1.82, 2.24) is 5.06 Å². The van der Waals surface area contributed by atoms with Gasteiger partial charge in [-0.1, -0.05) is 11.8 Å². The van der Waals surface area contributed by atoms with Gasteiger partial charge in [0.15, 0.2) is 0 Å². The molecule has 0 rings (SSSR count). The molecule has 0 fully saturated rings. The van der Waals surface area contributed by atoms with Crippen molar-refractivity contribution < 1.29 is 4.84 Å². The Labute approximate surface area is 84.6 Å². The van der Waals surface area contributed by atoms with Crippen molar-refractivity contribution in [2.45, 2.75) is 39.8 Å². The molecular weight excluding hydrogens is 190 g/mol. The Morgan fingerprint density at radius 3 is 1.92 bits per heavy atom. The van der Waals surface area contributed by atoms with E-state index in [0.717, 1.165) is 0 Å². The SMILES string of the molecule is CSC(=S)ON(C(C)C)C(C)C. The summed E-state index contributed by atoms with van der Waals surface area (Å²) in [6, 6.07) is 0.713. The molecule has 0 spiro atoms. The Bertz CT molecular complexity index is 140. The molecule has 0 saturated carbocycles. The number of rotatable bonds is 3. The standard InChI is InChI=1S/C8H17NOS2/c1-6(2)9(7(3)4)10-8(11)12-5/h6-7H,1-5H3. The molecule has 0 aliphatic carbocycles. The summed E-state index contributed by atoms with van der Waals surface area (Å²) < 4.78 is 0.581. The van der Waals surface area contributed by atoms with Crippen LogP contribution >= 0.6 is 24.0 Å². The number of hydrogen-bond acceptors (Lipinski definition) is 4. The first-order valence-corrected chi connectivity index (χ1v) is 5.66. The summed E-state index contributed by atoms with van der Waals surface area (Å²) in [4.78, 5) is 5.45. The van der Waals surface area contributed by atoms with Gasteiger partial charge in [0, 0.05) is 12.1 Å². The van der Waals surface area contributed by atoms with Gasteiger partial charge in [0.25, 0.3) is 0 Å². The minimum atomic E-state index is 0.357. The first-order valence-electron chi connectivity index (χ1n) is 4.03. The summed E-state index contributed by atoms with van der Waals surface area (Å²) in [6.07, 6.45) is 1.92. The molecule has 0 radical (unpaired) electrons. The second-order valence-electron chi connectivity index (χ2n) is 3.09. The first-order chi connectivity index (χ1) is 5.49. The van der Waals surface area contributed by atoms with E-state index >= 15 is 0 Å². The molecule has 2 nitrogen and oxygen atoms in total. The smallest absolute Gasteiger partial charge is 0.244 e. The lowest BCUT2D eigenvalue weighted by Gasteiger charge is -2.28. The molecule has 0 aromatic heterocycles. The molecule has 0 amide bonds. The van der Waals surface area contributed by atoms with Gasteiger partial charge >= 0.3 is 0 Å². The summed E-state index contributed by atoms with van der Waals surface area (Å²) in [6.45, 7) is 8.35. The quantitative estimate of drug-likeness (QED) is 0.521. The van der Waals surface area contributed by atoms with Crippen LogP contribution in [0.25, 0.3) is 0 Å². The van der Waals surface area contributed by atoms with Gasteiger partial charge in [0.1, 0.15) is 0 Å². The predicted octanol–water partition coefficient (Wildman–Crippen LogP) is 2.68. The summed E-state index contributed by atoms with van der Waals surface area (Å²) in [5.74, 6) is 0.